The van der Waals surface area contributed by atoms with Gasteiger partial charge in [-0.15, -0.1) is 0 Å². The second-order valence-corrected chi connectivity index (χ2v) is 5.36. The van der Waals surface area contributed by atoms with Crippen LogP contribution in [0.15, 0.2) is 18.2 Å². The molecule has 0 saturated carbocycles. The summed E-state index contributed by atoms with van der Waals surface area (Å²) >= 11 is 0. The second-order valence-electron chi connectivity index (χ2n) is 5.36. The number of carbonyl (C=O) groups is 2. The first-order chi connectivity index (χ1) is 9.63. The monoisotopic (exact) mass is 277 g/mol. The third kappa shape index (κ3) is 2.50. The van der Waals surface area contributed by atoms with E-state index in [1.807, 2.05) is 0 Å². The van der Waals surface area contributed by atoms with Crippen molar-refractivity contribution in [1.29, 1.82) is 0 Å². The van der Waals surface area contributed by atoms with Crippen LogP contribution in [-0.4, -0.2) is 40.8 Å². The minimum Gasteiger partial charge on any atom is -0.353 e. The van der Waals surface area contributed by atoms with E-state index in [0.29, 0.717) is 25.4 Å². The van der Waals surface area contributed by atoms with Crippen molar-refractivity contribution in [2.24, 2.45) is 5.92 Å². The lowest BCUT2D eigenvalue weighted by atomic mass is 9.85. The lowest BCUT2D eigenvalue weighted by molar-refractivity contribution is -0.125. The van der Waals surface area contributed by atoms with E-state index in [0.717, 1.165) is 12.8 Å². The summed E-state index contributed by atoms with van der Waals surface area (Å²) < 4.78 is 13.1. The molecule has 6 heteroatoms. The first-order valence-electron chi connectivity index (χ1n) is 6.84. The molecule has 106 valence electrons. The molecule has 20 heavy (non-hydrogen) atoms. The summed E-state index contributed by atoms with van der Waals surface area (Å²) in [7, 11) is 0. The molecule has 2 unspecified atom stereocenters. The third-order valence-corrected chi connectivity index (χ3v) is 4.04. The molecular formula is C14H16FN3O2. The maximum atomic E-state index is 13.1. The van der Waals surface area contributed by atoms with Crippen molar-refractivity contribution in [2.75, 3.05) is 13.1 Å². The summed E-state index contributed by atoms with van der Waals surface area (Å²) in [5.41, 5.74) is 0.142. The van der Waals surface area contributed by atoms with Crippen LogP contribution >= 0.6 is 0 Å². The van der Waals surface area contributed by atoms with Crippen LogP contribution in [0.25, 0.3) is 0 Å². The van der Waals surface area contributed by atoms with Crippen LogP contribution < -0.4 is 5.32 Å². The standard InChI is InChI=1S/C14H16FN3O2/c15-12-3-1-2-11(16-12)14(20)18-7-6-10-9(8-18)4-5-13(19)17-10/h1-3,9-10H,4-8H2,(H,17,19). The van der Waals surface area contributed by atoms with Gasteiger partial charge in [-0.2, -0.15) is 4.39 Å². The zero-order valence-corrected chi connectivity index (χ0v) is 11.0. The summed E-state index contributed by atoms with van der Waals surface area (Å²) in [6.45, 7) is 1.17. The normalized spacial score (nSPS) is 25.9. The molecule has 0 radical (unpaired) electrons. The molecule has 0 bridgehead atoms. The van der Waals surface area contributed by atoms with Crippen molar-refractivity contribution in [1.82, 2.24) is 15.2 Å². The lowest BCUT2D eigenvalue weighted by Crippen LogP contribution is -2.55. The smallest absolute Gasteiger partial charge is 0.272 e. The average molecular weight is 277 g/mol. The van der Waals surface area contributed by atoms with E-state index in [4.69, 9.17) is 0 Å². The Bertz CT molecular complexity index is 549. The molecule has 3 heterocycles. The van der Waals surface area contributed by atoms with Gasteiger partial charge in [0, 0.05) is 25.6 Å². The Hall–Kier alpha value is -1.98. The van der Waals surface area contributed by atoms with Crippen LogP contribution in [0.1, 0.15) is 29.8 Å². The zero-order valence-electron chi connectivity index (χ0n) is 11.0. The Kier molecular flexibility index (Phi) is 3.38. The van der Waals surface area contributed by atoms with Gasteiger partial charge in [0.1, 0.15) is 5.69 Å². The van der Waals surface area contributed by atoms with Crippen molar-refractivity contribution in [3.05, 3.63) is 29.8 Å². The van der Waals surface area contributed by atoms with Gasteiger partial charge in [-0.1, -0.05) is 6.07 Å². The Morgan fingerprint density at radius 1 is 1.40 bits per heavy atom. The summed E-state index contributed by atoms with van der Waals surface area (Å²) in [4.78, 5) is 29.0. The lowest BCUT2D eigenvalue weighted by Gasteiger charge is -2.41. The molecule has 2 amide bonds. The predicted molar refractivity (Wildman–Crippen MR) is 69.4 cm³/mol. The van der Waals surface area contributed by atoms with Gasteiger partial charge in [0.2, 0.25) is 11.9 Å². The molecule has 1 N–H and O–H groups in total. The maximum absolute atomic E-state index is 13.1. The van der Waals surface area contributed by atoms with Gasteiger partial charge in [-0.25, -0.2) is 4.98 Å². The topological polar surface area (TPSA) is 62.3 Å². The fourth-order valence-corrected chi connectivity index (χ4v) is 2.98. The number of hydrogen-bond donors (Lipinski definition) is 1. The number of halogens is 1. The van der Waals surface area contributed by atoms with Gasteiger partial charge in [-0.3, -0.25) is 9.59 Å². The number of likely N-dealkylation sites (tertiary alicyclic amines) is 1. The molecule has 2 aliphatic rings. The van der Waals surface area contributed by atoms with Gasteiger partial charge < -0.3 is 10.2 Å². The molecule has 5 nitrogen and oxygen atoms in total. The molecule has 1 aromatic heterocycles. The molecule has 2 aliphatic heterocycles. The van der Waals surface area contributed by atoms with Crippen molar-refractivity contribution < 1.29 is 14.0 Å². The molecule has 2 fully saturated rings. The molecule has 2 atom stereocenters. The third-order valence-electron chi connectivity index (χ3n) is 4.04. The maximum Gasteiger partial charge on any atom is 0.272 e. The number of fused-ring (bicyclic) bond motifs is 1. The highest BCUT2D eigenvalue weighted by atomic mass is 19.1. The van der Waals surface area contributed by atoms with Gasteiger partial charge in [-0.05, 0) is 30.9 Å². The largest absolute Gasteiger partial charge is 0.353 e. The van der Waals surface area contributed by atoms with Crippen molar-refractivity contribution in [2.45, 2.75) is 25.3 Å². The number of rotatable bonds is 1. The van der Waals surface area contributed by atoms with E-state index in [-0.39, 0.29) is 23.6 Å². The number of carbonyl (C=O) groups excluding carboxylic acids is 2. The quantitative estimate of drug-likeness (QED) is 0.778. The summed E-state index contributed by atoms with van der Waals surface area (Å²) in [5, 5.41) is 2.97. The van der Waals surface area contributed by atoms with Crippen LogP contribution in [0, 0.1) is 11.9 Å². The minimum absolute atomic E-state index is 0.0952. The summed E-state index contributed by atoms with van der Waals surface area (Å²) in [6, 6.07) is 4.41. The summed E-state index contributed by atoms with van der Waals surface area (Å²) in [6.07, 6.45) is 2.07. The molecule has 1 aromatic rings. The number of nitrogens with one attached hydrogen (secondary N) is 1. The van der Waals surface area contributed by atoms with E-state index >= 15 is 0 Å². The number of hydrogen-bond acceptors (Lipinski definition) is 3. The SMILES string of the molecule is O=C1CCC2CN(C(=O)c3cccc(F)n3)CCC2N1. The predicted octanol–water partition coefficient (Wildman–Crippen LogP) is 0.961. The van der Waals surface area contributed by atoms with Gasteiger partial charge >= 0.3 is 0 Å². The number of aromatic nitrogens is 1. The Morgan fingerprint density at radius 2 is 2.25 bits per heavy atom. The van der Waals surface area contributed by atoms with E-state index < -0.39 is 5.95 Å². The van der Waals surface area contributed by atoms with E-state index in [1.54, 1.807) is 4.90 Å². The highest BCUT2D eigenvalue weighted by molar-refractivity contribution is 5.92. The van der Waals surface area contributed by atoms with E-state index in [1.165, 1.54) is 18.2 Å². The van der Waals surface area contributed by atoms with Gasteiger partial charge in [0.05, 0.1) is 0 Å². The van der Waals surface area contributed by atoms with Crippen LogP contribution in [0.2, 0.25) is 0 Å². The fourth-order valence-electron chi connectivity index (χ4n) is 2.98. The van der Waals surface area contributed by atoms with Crippen molar-refractivity contribution >= 4 is 11.8 Å². The second kappa shape index (κ2) is 5.19. The Balaban J connectivity index is 1.70. The van der Waals surface area contributed by atoms with Crippen LogP contribution in [-0.2, 0) is 4.79 Å². The summed E-state index contributed by atoms with van der Waals surface area (Å²) in [5.74, 6) is -0.493. The fraction of sp³-hybridized carbons (Fsp3) is 0.500. The van der Waals surface area contributed by atoms with Crippen molar-refractivity contribution in [3.8, 4) is 0 Å². The number of amides is 2. The molecule has 0 aromatic carbocycles. The molecule has 2 saturated heterocycles. The average Bonchev–Trinajstić information content (AvgIpc) is 2.46. The first-order valence-corrected chi connectivity index (χ1v) is 6.84. The Labute approximate surface area is 116 Å². The minimum atomic E-state index is -0.643. The molecule has 3 rings (SSSR count). The van der Waals surface area contributed by atoms with Gasteiger partial charge in [0.15, 0.2) is 0 Å². The number of piperidine rings is 2. The van der Waals surface area contributed by atoms with Crippen LogP contribution in [0.3, 0.4) is 0 Å². The van der Waals surface area contributed by atoms with Crippen LogP contribution in [0.5, 0.6) is 0 Å². The van der Waals surface area contributed by atoms with E-state index in [9.17, 15) is 14.0 Å². The highest BCUT2D eigenvalue weighted by Crippen LogP contribution is 2.26. The van der Waals surface area contributed by atoms with Crippen molar-refractivity contribution in [3.63, 3.8) is 0 Å². The van der Waals surface area contributed by atoms with Crippen LogP contribution in [0.4, 0.5) is 4.39 Å². The first kappa shape index (κ1) is 13.0. The van der Waals surface area contributed by atoms with E-state index in [2.05, 4.69) is 10.3 Å². The van der Waals surface area contributed by atoms with Gasteiger partial charge in [0.25, 0.3) is 5.91 Å². The molecular weight excluding hydrogens is 261 g/mol. The zero-order chi connectivity index (χ0) is 14.1. The molecule has 0 spiro atoms. The Morgan fingerprint density at radius 3 is 3.05 bits per heavy atom. The highest BCUT2D eigenvalue weighted by Gasteiger charge is 2.35. The number of pyridine rings is 1. The molecule has 0 aliphatic carbocycles. The number of nitrogens with zero attached hydrogens (tertiary/aromatic N) is 2.